The zero-order valence-corrected chi connectivity index (χ0v) is 20.5. The predicted octanol–water partition coefficient (Wildman–Crippen LogP) is 5.62. The maximum absolute atomic E-state index is 12.9. The molecule has 0 saturated heterocycles. The van der Waals surface area contributed by atoms with Crippen molar-refractivity contribution in [2.45, 2.75) is 13.0 Å². The number of hydrogen-bond donors (Lipinski definition) is 1. The van der Waals surface area contributed by atoms with Gasteiger partial charge in [0, 0.05) is 56.0 Å². The van der Waals surface area contributed by atoms with Crippen LogP contribution in [-0.2, 0) is 17.7 Å². The van der Waals surface area contributed by atoms with E-state index in [1.807, 2.05) is 35.2 Å². The lowest BCUT2D eigenvalue weighted by Gasteiger charge is -2.22. The van der Waals surface area contributed by atoms with Crippen LogP contribution in [0.5, 0.6) is 0 Å². The summed E-state index contributed by atoms with van der Waals surface area (Å²) in [5.74, 6) is 0. The third-order valence-corrected chi connectivity index (χ3v) is 6.99. The Morgan fingerprint density at radius 3 is 2.66 bits per heavy atom. The Morgan fingerprint density at radius 1 is 1.03 bits per heavy atom. The molecule has 0 radical (unpaired) electrons. The average Bonchev–Trinajstić information content (AvgIpc) is 3.49. The molecule has 0 aliphatic rings. The number of urea groups is 1. The van der Waals surface area contributed by atoms with Gasteiger partial charge in [0.25, 0.3) is 0 Å². The van der Waals surface area contributed by atoms with Crippen molar-refractivity contribution in [1.82, 2.24) is 19.6 Å². The molecule has 3 aromatic carbocycles. The first-order valence-electron chi connectivity index (χ1n) is 11.7. The zero-order chi connectivity index (χ0) is 24.0. The Labute approximate surface area is 208 Å². The molecule has 5 rings (SSSR count). The molecule has 0 fully saturated rings. The normalized spacial score (nSPS) is 11.2. The number of amides is 2. The van der Waals surface area contributed by atoms with Crippen molar-refractivity contribution in [2.24, 2.45) is 0 Å². The van der Waals surface area contributed by atoms with E-state index in [9.17, 15) is 4.79 Å². The van der Waals surface area contributed by atoms with Gasteiger partial charge < -0.3 is 15.0 Å². The number of hydrogen-bond acceptors (Lipinski definition) is 4. The summed E-state index contributed by atoms with van der Waals surface area (Å²) < 4.78 is 7.38. The second kappa shape index (κ2) is 10.7. The summed E-state index contributed by atoms with van der Waals surface area (Å²) in [6.45, 7) is 2.13. The first-order valence-corrected chi connectivity index (χ1v) is 12.6. The average molecular weight is 485 g/mol. The van der Waals surface area contributed by atoms with Crippen molar-refractivity contribution >= 4 is 33.1 Å². The van der Waals surface area contributed by atoms with Gasteiger partial charge in [-0.3, -0.25) is 4.40 Å². The van der Waals surface area contributed by atoms with Crippen LogP contribution in [0.4, 0.5) is 4.79 Å². The van der Waals surface area contributed by atoms with Crippen LogP contribution >= 0.6 is 11.3 Å². The van der Waals surface area contributed by atoms with E-state index in [-0.39, 0.29) is 6.03 Å². The molecular weight excluding hydrogens is 456 g/mol. The minimum absolute atomic E-state index is 0.0835. The first-order chi connectivity index (χ1) is 17.2. The van der Waals surface area contributed by atoms with Crippen LogP contribution in [0.25, 0.3) is 27.0 Å². The molecule has 0 atom stereocenters. The maximum atomic E-state index is 12.9. The summed E-state index contributed by atoms with van der Waals surface area (Å²) in [7, 11) is 1.66. The van der Waals surface area contributed by atoms with E-state index in [1.54, 1.807) is 18.4 Å². The van der Waals surface area contributed by atoms with E-state index >= 15 is 0 Å². The third-order valence-electron chi connectivity index (χ3n) is 6.11. The van der Waals surface area contributed by atoms with E-state index < -0.39 is 0 Å². The molecule has 0 aliphatic carbocycles. The number of ether oxygens (including phenoxy) is 1. The van der Waals surface area contributed by atoms with E-state index in [2.05, 4.69) is 63.8 Å². The van der Waals surface area contributed by atoms with Crippen molar-refractivity contribution in [3.05, 3.63) is 95.6 Å². The van der Waals surface area contributed by atoms with Gasteiger partial charge in [-0.05, 0) is 22.4 Å². The molecule has 6 nitrogen and oxygen atoms in total. The number of carbonyl (C=O) groups is 1. The summed E-state index contributed by atoms with van der Waals surface area (Å²) in [6, 6.07) is 24.7. The molecule has 35 heavy (non-hydrogen) atoms. The topological polar surface area (TPSA) is 58.9 Å². The molecule has 1 N–H and O–H groups in total. The number of carbonyl (C=O) groups excluding carboxylic acids is 1. The van der Waals surface area contributed by atoms with Crippen molar-refractivity contribution in [3.63, 3.8) is 0 Å². The summed E-state index contributed by atoms with van der Waals surface area (Å²) in [5.41, 5.74) is 4.28. The van der Waals surface area contributed by atoms with Crippen molar-refractivity contribution < 1.29 is 9.53 Å². The number of benzene rings is 3. The number of imidazole rings is 1. The second-order valence-electron chi connectivity index (χ2n) is 8.44. The lowest BCUT2D eigenvalue weighted by Crippen LogP contribution is -2.42. The molecular formula is C28H28N4O2S. The van der Waals surface area contributed by atoms with Crippen LogP contribution in [0.2, 0.25) is 0 Å². The highest BCUT2D eigenvalue weighted by molar-refractivity contribution is 7.15. The maximum Gasteiger partial charge on any atom is 0.317 e. The number of nitrogens with one attached hydrogen (secondary N) is 1. The number of aromatic nitrogens is 2. The van der Waals surface area contributed by atoms with Gasteiger partial charge in [-0.2, -0.15) is 0 Å². The van der Waals surface area contributed by atoms with E-state index in [1.165, 1.54) is 10.8 Å². The van der Waals surface area contributed by atoms with Crippen LogP contribution in [0, 0.1) is 0 Å². The van der Waals surface area contributed by atoms with Crippen LogP contribution in [0.1, 0.15) is 11.3 Å². The quantitative estimate of drug-likeness (QED) is 0.296. The number of methoxy groups -OCH3 is 1. The fourth-order valence-electron chi connectivity index (χ4n) is 4.15. The molecule has 7 heteroatoms. The standard InChI is InChI=1S/C28H28N4O2S/c1-34-16-15-31(27(33)29-18-21-7-3-2-4-8-21)14-13-25-20-35-28-30-26(19-32(25)28)24-12-11-22-9-5-6-10-23(22)17-24/h2-12,17,19-20H,13-16,18H2,1H3,(H,29,33). The Morgan fingerprint density at radius 2 is 1.83 bits per heavy atom. The van der Waals surface area contributed by atoms with Gasteiger partial charge in [-0.25, -0.2) is 9.78 Å². The molecule has 0 aliphatic heterocycles. The van der Waals surface area contributed by atoms with Crippen LogP contribution < -0.4 is 5.32 Å². The third kappa shape index (κ3) is 5.37. The predicted molar refractivity (Wildman–Crippen MR) is 142 cm³/mol. The fraction of sp³-hybridized carbons (Fsp3) is 0.214. The molecule has 178 valence electrons. The Kier molecular flexibility index (Phi) is 7.07. The SMILES string of the molecule is COCCN(CCc1csc2nc(-c3ccc4ccccc4c3)cn12)C(=O)NCc1ccccc1. The van der Waals surface area contributed by atoms with Crippen molar-refractivity contribution in [1.29, 1.82) is 0 Å². The van der Waals surface area contributed by atoms with E-state index in [0.717, 1.165) is 33.9 Å². The fourth-order valence-corrected chi connectivity index (χ4v) is 5.06. The van der Waals surface area contributed by atoms with Gasteiger partial charge in [0.1, 0.15) is 0 Å². The monoisotopic (exact) mass is 484 g/mol. The largest absolute Gasteiger partial charge is 0.383 e. The number of thiazole rings is 1. The Bertz CT molecular complexity index is 1430. The summed E-state index contributed by atoms with van der Waals surface area (Å²) >= 11 is 1.63. The molecule has 0 spiro atoms. The zero-order valence-electron chi connectivity index (χ0n) is 19.7. The highest BCUT2D eigenvalue weighted by atomic mass is 32.1. The molecule has 0 saturated carbocycles. The number of nitrogens with zero attached hydrogens (tertiary/aromatic N) is 3. The molecule has 0 bridgehead atoms. The molecule has 2 aromatic heterocycles. The Hall–Kier alpha value is -3.68. The van der Waals surface area contributed by atoms with E-state index in [4.69, 9.17) is 9.72 Å². The van der Waals surface area contributed by atoms with E-state index in [0.29, 0.717) is 26.2 Å². The van der Waals surface area contributed by atoms with Gasteiger partial charge in [-0.15, -0.1) is 11.3 Å². The minimum Gasteiger partial charge on any atom is -0.383 e. The van der Waals surface area contributed by atoms with Gasteiger partial charge >= 0.3 is 6.03 Å². The number of rotatable bonds is 9. The number of fused-ring (bicyclic) bond motifs is 2. The molecule has 5 aromatic rings. The highest BCUT2D eigenvalue weighted by Crippen LogP contribution is 2.27. The van der Waals surface area contributed by atoms with Crippen molar-refractivity contribution in [3.8, 4) is 11.3 Å². The minimum atomic E-state index is -0.0835. The first kappa shape index (κ1) is 23.1. The van der Waals surface area contributed by atoms with Gasteiger partial charge in [0.15, 0.2) is 4.96 Å². The summed E-state index contributed by atoms with van der Waals surface area (Å²) in [4.78, 5) is 20.5. The molecule has 0 unspecified atom stereocenters. The molecule has 2 heterocycles. The summed E-state index contributed by atoms with van der Waals surface area (Å²) in [6.07, 6.45) is 2.83. The van der Waals surface area contributed by atoms with Crippen molar-refractivity contribution in [2.75, 3.05) is 26.8 Å². The lowest BCUT2D eigenvalue weighted by molar-refractivity contribution is 0.149. The second-order valence-corrected chi connectivity index (χ2v) is 9.28. The molecule has 2 amide bonds. The highest BCUT2D eigenvalue weighted by Gasteiger charge is 2.16. The van der Waals surface area contributed by atoms with Crippen LogP contribution in [0.3, 0.4) is 0 Å². The lowest BCUT2D eigenvalue weighted by atomic mass is 10.1. The van der Waals surface area contributed by atoms with Gasteiger partial charge in [0.2, 0.25) is 0 Å². The van der Waals surface area contributed by atoms with Gasteiger partial charge in [-0.1, -0.05) is 66.7 Å². The van der Waals surface area contributed by atoms with Crippen LogP contribution in [-0.4, -0.2) is 47.1 Å². The van der Waals surface area contributed by atoms with Crippen LogP contribution in [0.15, 0.2) is 84.4 Å². The smallest absolute Gasteiger partial charge is 0.317 e. The van der Waals surface area contributed by atoms with Gasteiger partial charge in [0.05, 0.1) is 12.3 Å². The summed E-state index contributed by atoms with van der Waals surface area (Å²) in [5, 5.41) is 7.59. The Balaban J connectivity index is 1.29.